The molecule has 0 aromatic carbocycles. The molecule has 0 aliphatic carbocycles. The molecule has 2 N–H and O–H groups in total. The number of carbonyl (C=O) groups is 3. The number of hydrogen-bond donors (Lipinski definition) is 2. The summed E-state index contributed by atoms with van der Waals surface area (Å²) in [6.07, 6.45) is 0. The Kier molecular flexibility index (Phi) is 4.50. The van der Waals surface area contributed by atoms with Gasteiger partial charge in [0.1, 0.15) is 13.1 Å². The summed E-state index contributed by atoms with van der Waals surface area (Å²) in [5.74, 6) is -1.97. The zero-order valence-electron chi connectivity index (χ0n) is 7.53. The maximum Gasteiger partial charge on any atom is 0.323 e. The van der Waals surface area contributed by atoms with E-state index in [2.05, 4.69) is 5.32 Å². The summed E-state index contributed by atoms with van der Waals surface area (Å²) in [5, 5.41) is 10.7. The van der Waals surface area contributed by atoms with Crippen molar-refractivity contribution in [2.75, 3.05) is 20.1 Å². The lowest BCUT2D eigenvalue weighted by Crippen LogP contribution is -2.41. The zero-order valence-corrected chi connectivity index (χ0v) is 7.53. The molecule has 2 amide bonds. The second-order valence-electron chi connectivity index (χ2n) is 2.44. The second kappa shape index (κ2) is 5.13. The highest BCUT2D eigenvalue weighted by atomic mass is 16.4. The average molecular weight is 188 g/mol. The standard InChI is InChI=1S/C7H12N2O4/c1-5(10)9(4-7(12)13)3-6(11)8-2/h3-4H2,1-2H3,(H,8,11)(H,12,13). The van der Waals surface area contributed by atoms with Gasteiger partial charge in [0, 0.05) is 14.0 Å². The normalized spacial score (nSPS) is 9.08. The minimum absolute atomic E-state index is 0.224. The first kappa shape index (κ1) is 11.4. The third-order valence-electron chi connectivity index (χ3n) is 1.38. The summed E-state index contributed by atoms with van der Waals surface area (Å²) < 4.78 is 0. The Balaban J connectivity index is 4.18. The van der Waals surface area contributed by atoms with Crippen LogP contribution in [0.1, 0.15) is 6.92 Å². The van der Waals surface area contributed by atoms with Crippen LogP contribution in [0.5, 0.6) is 0 Å². The van der Waals surface area contributed by atoms with Crippen molar-refractivity contribution in [3.8, 4) is 0 Å². The van der Waals surface area contributed by atoms with Crippen LogP contribution in [-0.2, 0) is 14.4 Å². The van der Waals surface area contributed by atoms with Crippen molar-refractivity contribution in [1.82, 2.24) is 10.2 Å². The molecule has 13 heavy (non-hydrogen) atoms. The molecular weight excluding hydrogens is 176 g/mol. The van der Waals surface area contributed by atoms with Gasteiger partial charge in [0.05, 0.1) is 0 Å². The van der Waals surface area contributed by atoms with Gasteiger partial charge in [-0.25, -0.2) is 0 Å². The lowest BCUT2D eigenvalue weighted by atomic mass is 10.4. The Morgan fingerprint density at radius 2 is 1.85 bits per heavy atom. The van der Waals surface area contributed by atoms with Crippen LogP contribution in [0.3, 0.4) is 0 Å². The summed E-state index contributed by atoms with van der Waals surface area (Å²) >= 11 is 0. The van der Waals surface area contributed by atoms with E-state index in [0.29, 0.717) is 0 Å². The van der Waals surface area contributed by atoms with Gasteiger partial charge in [0.25, 0.3) is 0 Å². The molecule has 0 unspecified atom stereocenters. The molecule has 0 aliphatic heterocycles. The van der Waals surface area contributed by atoms with E-state index in [0.717, 1.165) is 4.90 Å². The van der Waals surface area contributed by atoms with E-state index in [9.17, 15) is 14.4 Å². The molecule has 0 aliphatic rings. The van der Waals surface area contributed by atoms with Crippen molar-refractivity contribution in [3.63, 3.8) is 0 Å². The number of likely N-dealkylation sites (N-methyl/N-ethyl adjacent to an activating group) is 1. The average Bonchev–Trinajstić information content (AvgIpc) is 2.02. The van der Waals surface area contributed by atoms with Crippen molar-refractivity contribution < 1.29 is 19.5 Å². The van der Waals surface area contributed by atoms with Gasteiger partial charge in [-0.2, -0.15) is 0 Å². The number of carboxylic acid groups (broad SMARTS) is 1. The highest BCUT2D eigenvalue weighted by molar-refractivity contribution is 5.86. The van der Waals surface area contributed by atoms with Crippen LogP contribution in [0.15, 0.2) is 0 Å². The highest BCUT2D eigenvalue weighted by Crippen LogP contribution is 1.88. The van der Waals surface area contributed by atoms with Gasteiger partial charge in [-0.1, -0.05) is 0 Å². The van der Waals surface area contributed by atoms with Gasteiger partial charge in [0.2, 0.25) is 11.8 Å². The molecule has 0 heterocycles. The van der Waals surface area contributed by atoms with Crippen molar-refractivity contribution in [3.05, 3.63) is 0 Å². The number of nitrogens with zero attached hydrogens (tertiary/aromatic N) is 1. The van der Waals surface area contributed by atoms with Gasteiger partial charge in [-0.15, -0.1) is 0 Å². The Morgan fingerprint density at radius 3 is 2.15 bits per heavy atom. The largest absolute Gasteiger partial charge is 0.480 e. The maximum absolute atomic E-state index is 10.8. The van der Waals surface area contributed by atoms with Crippen LogP contribution in [-0.4, -0.2) is 47.9 Å². The number of carboxylic acids is 1. The molecule has 0 aromatic heterocycles. The van der Waals surface area contributed by atoms with Gasteiger partial charge in [-0.05, 0) is 0 Å². The van der Waals surface area contributed by atoms with E-state index < -0.39 is 24.3 Å². The molecule has 0 atom stereocenters. The lowest BCUT2D eigenvalue weighted by Gasteiger charge is -2.16. The summed E-state index contributed by atoms with van der Waals surface area (Å²) in [6.45, 7) is 0.534. The third kappa shape index (κ3) is 4.78. The Hall–Kier alpha value is -1.59. The predicted octanol–water partition coefficient (Wildman–Crippen LogP) is -1.33. The fourth-order valence-electron chi connectivity index (χ4n) is 0.694. The molecule has 0 saturated carbocycles. The fourth-order valence-corrected chi connectivity index (χ4v) is 0.694. The van der Waals surface area contributed by atoms with Crippen LogP contribution in [0.25, 0.3) is 0 Å². The number of nitrogens with one attached hydrogen (secondary N) is 1. The SMILES string of the molecule is CNC(=O)CN(CC(=O)O)C(C)=O. The monoisotopic (exact) mass is 188 g/mol. The number of amides is 2. The van der Waals surface area contributed by atoms with Crippen molar-refractivity contribution >= 4 is 17.8 Å². The van der Waals surface area contributed by atoms with E-state index in [1.165, 1.54) is 14.0 Å². The number of aliphatic carboxylic acids is 1. The molecule has 6 nitrogen and oxygen atoms in total. The quantitative estimate of drug-likeness (QED) is 0.572. The van der Waals surface area contributed by atoms with Gasteiger partial charge < -0.3 is 15.3 Å². The maximum atomic E-state index is 10.8. The van der Waals surface area contributed by atoms with Crippen molar-refractivity contribution in [2.24, 2.45) is 0 Å². The number of rotatable bonds is 4. The molecule has 0 aromatic rings. The molecule has 0 saturated heterocycles. The topological polar surface area (TPSA) is 86.7 Å². The second-order valence-corrected chi connectivity index (χ2v) is 2.44. The number of hydrogen-bond acceptors (Lipinski definition) is 3. The van der Waals surface area contributed by atoms with E-state index in [-0.39, 0.29) is 6.54 Å². The summed E-state index contributed by atoms with van der Waals surface area (Å²) in [6, 6.07) is 0. The molecule has 0 radical (unpaired) electrons. The molecule has 0 spiro atoms. The first-order chi connectivity index (χ1) is 5.97. The van der Waals surface area contributed by atoms with Gasteiger partial charge in [-0.3, -0.25) is 14.4 Å². The van der Waals surface area contributed by atoms with E-state index >= 15 is 0 Å². The van der Waals surface area contributed by atoms with Crippen LogP contribution in [0.2, 0.25) is 0 Å². The summed E-state index contributed by atoms with van der Waals surface area (Å²) in [4.78, 5) is 32.8. The fraction of sp³-hybridized carbons (Fsp3) is 0.571. The van der Waals surface area contributed by atoms with E-state index in [1.807, 2.05) is 0 Å². The summed E-state index contributed by atoms with van der Waals surface area (Å²) in [5.41, 5.74) is 0. The smallest absolute Gasteiger partial charge is 0.323 e. The van der Waals surface area contributed by atoms with Crippen LogP contribution in [0.4, 0.5) is 0 Å². The molecule has 6 heteroatoms. The highest BCUT2D eigenvalue weighted by Gasteiger charge is 2.15. The first-order valence-corrected chi connectivity index (χ1v) is 3.65. The minimum atomic E-state index is -1.14. The Labute approximate surface area is 75.5 Å². The molecule has 0 rings (SSSR count). The van der Waals surface area contributed by atoms with E-state index in [1.54, 1.807) is 0 Å². The van der Waals surface area contributed by atoms with Crippen LogP contribution >= 0.6 is 0 Å². The van der Waals surface area contributed by atoms with Crippen molar-refractivity contribution in [2.45, 2.75) is 6.92 Å². The third-order valence-corrected chi connectivity index (χ3v) is 1.38. The molecule has 74 valence electrons. The lowest BCUT2D eigenvalue weighted by molar-refractivity contribution is -0.144. The molecular formula is C7H12N2O4. The van der Waals surface area contributed by atoms with Gasteiger partial charge in [0.15, 0.2) is 0 Å². The predicted molar refractivity (Wildman–Crippen MR) is 44.0 cm³/mol. The van der Waals surface area contributed by atoms with Crippen LogP contribution < -0.4 is 5.32 Å². The molecule has 0 bridgehead atoms. The number of carbonyl (C=O) groups excluding carboxylic acids is 2. The first-order valence-electron chi connectivity index (χ1n) is 3.65. The summed E-state index contributed by atoms with van der Waals surface area (Å²) in [7, 11) is 1.42. The Morgan fingerprint density at radius 1 is 1.31 bits per heavy atom. The van der Waals surface area contributed by atoms with Crippen LogP contribution in [0, 0.1) is 0 Å². The Bertz CT molecular complexity index is 227. The van der Waals surface area contributed by atoms with Gasteiger partial charge >= 0.3 is 5.97 Å². The van der Waals surface area contributed by atoms with Crippen molar-refractivity contribution in [1.29, 1.82) is 0 Å². The van der Waals surface area contributed by atoms with E-state index in [4.69, 9.17) is 5.11 Å². The zero-order chi connectivity index (χ0) is 10.4. The molecule has 0 fully saturated rings. The minimum Gasteiger partial charge on any atom is -0.480 e.